The number of hydrogen-bond donors (Lipinski definition) is 0. The summed E-state index contributed by atoms with van der Waals surface area (Å²) in [5, 5.41) is 11.3. The highest BCUT2D eigenvalue weighted by molar-refractivity contribution is 7.89. The van der Waals surface area contributed by atoms with Gasteiger partial charge in [-0.25, -0.2) is 13.3 Å². The van der Waals surface area contributed by atoms with E-state index >= 15 is 0 Å². The van der Waals surface area contributed by atoms with Crippen molar-refractivity contribution in [1.29, 1.82) is 0 Å². The Morgan fingerprint density at radius 3 is 2.35 bits per heavy atom. The summed E-state index contributed by atoms with van der Waals surface area (Å²) in [6, 6.07) is 7.56. The summed E-state index contributed by atoms with van der Waals surface area (Å²) in [5.41, 5.74) is -0.146. The zero-order valence-corrected chi connectivity index (χ0v) is 14.9. The number of nitro groups is 1. The second-order valence-corrected chi connectivity index (χ2v) is 8.35. The molecule has 10 heteroatoms. The van der Waals surface area contributed by atoms with E-state index in [2.05, 4.69) is 0 Å². The molecule has 8 nitrogen and oxygen atoms in total. The second kappa shape index (κ2) is 6.19. The smallest absolute Gasteiger partial charge is 0.268 e. The van der Waals surface area contributed by atoms with Crippen molar-refractivity contribution in [3.63, 3.8) is 0 Å². The molecule has 0 spiro atoms. The lowest BCUT2D eigenvalue weighted by molar-refractivity contribution is -0.384. The maximum Gasteiger partial charge on any atom is 0.269 e. The number of sulfone groups is 1. The first-order chi connectivity index (χ1) is 12.1. The van der Waals surface area contributed by atoms with E-state index in [4.69, 9.17) is 11.6 Å². The fraction of sp³-hybridized carbons (Fsp3) is 0.125. The minimum Gasteiger partial charge on any atom is -0.268 e. The lowest BCUT2D eigenvalue weighted by Gasteiger charge is -2.17. The van der Waals surface area contributed by atoms with Gasteiger partial charge in [0.25, 0.3) is 17.5 Å². The van der Waals surface area contributed by atoms with Gasteiger partial charge >= 0.3 is 0 Å². The molecular weight excluding hydrogens is 384 g/mol. The molecule has 1 aliphatic rings. The Kier molecular flexibility index (Phi) is 4.29. The Morgan fingerprint density at radius 2 is 1.73 bits per heavy atom. The number of hydrogen-bond acceptors (Lipinski definition) is 6. The highest BCUT2D eigenvalue weighted by Crippen LogP contribution is 2.34. The SMILES string of the molecule is CS(=O)(=O)Cc1cc([N+](=O)[O-])ccc1N1C(=O)c2ccc(Cl)cc2C1=O. The molecule has 0 saturated carbocycles. The van der Waals surface area contributed by atoms with Crippen LogP contribution in [0.25, 0.3) is 0 Å². The van der Waals surface area contributed by atoms with Gasteiger partial charge < -0.3 is 0 Å². The maximum atomic E-state index is 12.7. The molecule has 1 aliphatic heterocycles. The fourth-order valence-electron chi connectivity index (χ4n) is 2.73. The van der Waals surface area contributed by atoms with Crippen LogP contribution in [0.3, 0.4) is 0 Å². The molecule has 26 heavy (non-hydrogen) atoms. The molecule has 134 valence electrons. The number of halogens is 1. The molecule has 2 aromatic rings. The number of carbonyl (C=O) groups is 2. The molecule has 0 fully saturated rings. The van der Waals surface area contributed by atoms with Gasteiger partial charge in [-0.05, 0) is 29.8 Å². The van der Waals surface area contributed by atoms with Crippen LogP contribution in [0.15, 0.2) is 36.4 Å². The van der Waals surface area contributed by atoms with Gasteiger partial charge in [0, 0.05) is 23.4 Å². The largest absolute Gasteiger partial charge is 0.269 e. The number of benzene rings is 2. The summed E-state index contributed by atoms with van der Waals surface area (Å²) in [6.45, 7) is 0. The molecule has 0 unspecified atom stereocenters. The predicted octanol–water partition coefficient (Wildman–Crippen LogP) is 2.59. The van der Waals surface area contributed by atoms with E-state index in [-0.39, 0.29) is 33.1 Å². The van der Waals surface area contributed by atoms with Crippen molar-refractivity contribution in [2.75, 3.05) is 11.2 Å². The van der Waals surface area contributed by atoms with E-state index in [0.29, 0.717) is 0 Å². The summed E-state index contributed by atoms with van der Waals surface area (Å²) >= 11 is 5.87. The van der Waals surface area contributed by atoms with Crippen LogP contribution in [0, 0.1) is 10.1 Å². The van der Waals surface area contributed by atoms with Crippen molar-refractivity contribution in [2.45, 2.75) is 5.75 Å². The first kappa shape index (κ1) is 18.0. The number of amides is 2. The third-order valence-corrected chi connectivity index (χ3v) is 4.85. The second-order valence-electron chi connectivity index (χ2n) is 5.78. The molecule has 2 aromatic carbocycles. The molecule has 0 aromatic heterocycles. The average Bonchev–Trinajstić information content (AvgIpc) is 2.77. The summed E-state index contributed by atoms with van der Waals surface area (Å²) in [5.74, 6) is -1.88. The summed E-state index contributed by atoms with van der Waals surface area (Å²) in [4.78, 5) is 36.4. The van der Waals surface area contributed by atoms with Crippen LogP contribution in [-0.4, -0.2) is 31.4 Å². The van der Waals surface area contributed by atoms with Crippen LogP contribution >= 0.6 is 11.6 Å². The molecule has 0 saturated heterocycles. The van der Waals surface area contributed by atoms with Gasteiger partial charge in [0.1, 0.15) is 0 Å². The first-order valence-corrected chi connectivity index (χ1v) is 9.66. The maximum absolute atomic E-state index is 12.7. The van der Waals surface area contributed by atoms with Crippen molar-refractivity contribution >= 4 is 44.6 Å². The zero-order chi connectivity index (χ0) is 19.2. The van der Waals surface area contributed by atoms with Gasteiger partial charge in [0.2, 0.25) is 0 Å². The molecule has 0 radical (unpaired) electrons. The third kappa shape index (κ3) is 3.18. The van der Waals surface area contributed by atoms with E-state index in [1.54, 1.807) is 0 Å². The normalized spacial score (nSPS) is 13.8. The topological polar surface area (TPSA) is 115 Å². The van der Waals surface area contributed by atoms with Crippen LogP contribution in [0.2, 0.25) is 5.02 Å². The van der Waals surface area contributed by atoms with Crippen molar-refractivity contribution in [1.82, 2.24) is 0 Å². The molecular formula is C16H11ClN2O6S. The van der Waals surface area contributed by atoms with E-state index in [0.717, 1.165) is 23.3 Å². The van der Waals surface area contributed by atoms with Gasteiger partial charge in [-0.15, -0.1) is 0 Å². The van der Waals surface area contributed by atoms with Gasteiger partial charge in [-0.2, -0.15) is 0 Å². The van der Waals surface area contributed by atoms with Crippen LogP contribution < -0.4 is 4.90 Å². The van der Waals surface area contributed by atoms with Gasteiger partial charge in [0.05, 0.1) is 27.5 Å². The molecule has 1 heterocycles. The summed E-state index contributed by atoms with van der Waals surface area (Å²) in [7, 11) is -3.57. The first-order valence-electron chi connectivity index (χ1n) is 7.22. The molecule has 0 atom stereocenters. The quantitative estimate of drug-likeness (QED) is 0.447. The Bertz CT molecular complexity index is 1080. The van der Waals surface area contributed by atoms with E-state index in [9.17, 15) is 28.1 Å². The lowest BCUT2D eigenvalue weighted by Crippen LogP contribution is -2.30. The molecule has 3 rings (SSSR count). The van der Waals surface area contributed by atoms with E-state index < -0.39 is 32.3 Å². The monoisotopic (exact) mass is 394 g/mol. The average molecular weight is 395 g/mol. The Morgan fingerprint density at radius 1 is 1.08 bits per heavy atom. The number of anilines is 1. The number of non-ortho nitro benzene ring substituents is 1. The van der Waals surface area contributed by atoms with Crippen molar-refractivity contribution in [3.05, 3.63) is 68.2 Å². The van der Waals surface area contributed by atoms with Crippen molar-refractivity contribution < 1.29 is 22.9 Å². The Balaban J connectivity index is 2.16. The summed E-state index contributed by atoms with van der Waals surface area (Å²) in [6.07, 6.45) is 0.956. The molecule has 0 bridgehead atoms. The van der Waals surface area contributed by atoms with Crippen molar-refractivity contribution in [3.8, 4) is 0 Å². The van der Waals surface area contributed by atoms with Crippen LogP contribution in [0.5, 0.6) is 0 Å². The van der Waals surface area contributed by atoms with Gasteiger partial charge in [-0.3, -0.25) is 19.7 Å². The number of nitro benzene ring substituents is 1. The Labute approximate surface area is 153 Å². The van der Waals surface area contributed by atoms with E-state index in [1.807, 2.05) is 0 Å². The van der Waals surface area contributed by atoms with Crippen LogP contribution in [-0.2, 0) is 15.6 Å². The number of fused-ring (bicyclic) bond motifs is 1. The lowest BCUT2D eigenvalue weighted by atomic mass is 10.1. The standard InChI is InChI=1S/C16H11ClN2O6S/c1-26(24,25)8-9-6-11(19(22)23)3-5-14(9)18-15(20)12-4-2-10(17)7-13(12)16(18)21/h2-7H,8H2,1H3. The third-order valence-electron chi connectivity index (χ3n) is 3.78. The highest BCUT2D eigenvalue weighted by Gasteiger charge is 2.38. The number of carbonyl (C=O) groups excluding carboxylic acids is 2. The van der Waals surface area contributed by atoms with Crippen LogP contribution in [0.1, 0.15) is 26.3 Å². The predicted molar refractivity (Wildman–Crippen MR) is 94.2 cm³/mol. The summed E-state index contributed by atoms with van der Waals surface area (Å²) < 4.78 is 23.4. The minimum absolute atomic E-state index is 0.0108. The van der Waals surface area contributed by atoms with Crippen molar-refractivity contribution in [2.24, 2.45) is 0 Å². The Hall–Kier alpha value is -2.78. The fourth-order valence-corrected chi connectivity index (χ4v) is 3.70. The molecule has 0 N–H and O–H groups in total. The van der Waals surface area contributed by atoms with E-state index in [1.165, 1.54) is 24.3 Å². The molecule has 2 amide bonds. The molecule has 0 aliphatic carbocycles. The van der Waals surface area contributed by atoms with Crippen LogP contribution in [0.4, 0.5) is 11.4 Å². The highest BCUT2D eigenvalue weighted by atomic mass is 35.5. The van der Waals surface area contributed by atoms with Gasteiger partial charge in [-0.1, -0.05) is 11.6 Å². The minimum atomic E-state index is -3.57. The number of rotatable bonds is 4. The zero-order valence-electron chi connectivity index (χ0n) is 13.3. The number of nitrogens with zero attached hydrogens (tertiary/aromatic N) is 2. The van der Waals surface area contributed by atoms with Gasteiger partial charge in [0.15, 0.2) is 9.84 Å². The number of imide groups is 1.